The van der Waals surface area contributed by atoms with Crippen molar-refractivity contribution in [1.82, 2.24) is 0 Å². The molecule has 0 bridgehead atoms. The Kier molecular flexibility index (Phi) is 40.7. The van der Waals surface area contributed by atoms with E-state index in [4.69, 9.17) is 15.9 Å². The molecular formula is C11H29NO2. The van der Waals surface area contributed by atoms with Crippen LogP contribution in [0.2, 0.25) is 0 Å². The van der Waals surface area contributed by atoms with Crippen LogP contribution in [0.3, 0.4) is 0 Å². The Bertz CT molecular complexity index is 55.2. The average molecular weight is 207 g/mol. The molecule has 0 rings (SSSR count). The first kappa shape index (κ1) is 19.5. The first-order valence-corrected chi connectivity index (χ1v) is 5.66. The minimum Gasteiger partial charge on any atom is -0.397 e. The van der Waals surface area contributed by atoms with E-state index in [1.807, 2.05) is 0 Å². The first-order valence-electron chi connectivity index (χ1n) is 5.66. The lowest BCUT2D eigenvalue weighted by molar-refractivity contribution is 0.306. The monoisotopic (exact) mass is 207 g/mol. The minimum absolute atomic E-state index is 0.0972. The Morgan fingerprint density at radius 1 is 0.857 bits per heavy atom. The molecule has 0 amide bonds. The molecule has 0 heterocycles. The molecule has 0 unspecified atom stereocenters. The van der Waals surface area contributed by atoms with Crippen molar-refractivity contribution in [2.75, 3.05) is 19.8 Å². The molecule has 0 aromatic rings. The first-order chi connectivity index (χ1) is 6.74. The number of nitrogens with two attached hydrogens (primary N) is 1. The van der Waals surface area contributed by atoms with Crippen molar-refractivity contribution < 1.29 is 10.2 Å². The van der Waals surface area contributed by atoms with E-state index in [9.17, 15) is 0 Å². The van der Waals surface area contributed by atoms with Gasteiger partial charge in [-0.15, -0.1) is 0 Å². The van der Waals surface area contributed by atoms with Crippen molar-refractivity contribution in [2.45, 2.75) is 52.9 Å². The molecule has 14 heavy (non-hydrogen) atoms. The molecule has 0 aliphatic rings. The molecule has 3 nitrogen and oxygen atoms in total. The fourth-order valence-corrected chi connectivity index (χ4v) is 0.677. The van der Waals surface area contributed by atoms with Crippen molar-refractivity contribution in [2.24, 2.45) is 5.73 Å². The van der Waals surface area contributed by atoms with Crippen LogP contribution in [0.5, 0.6) is 0 Å². The largest absolute Gasteiger partial charge is 0.397 e. The lowest BCUT2D eigenvalue weighted by atomic mass is 10.2. The normalized spacial score (nSPS) is 8.14. The van der Waals surface area contributed by atoms with Gasteiger partial charge in [0.05, 0.1) is 6.61 Å². The fraction of sp³-hybridized carbons (Fsp3) is 1.00. The fourth-order valence-electron chi connectivity index (χ4n) is 0.677. The van der Waals surface area contributed by atoms with Crippen molar-refractivity contribution in [3.63, 3.8) is 0 Å². The molecule has 0 aliphatic heterocycles. The molecule has 4 N–H and O–H groups in total. The molecular weight excluding hydrogens is 178 g/mol. The van der Waals surface area contributed by atoms with Crippen LogP contribution in [0.15, 0.2) is 0 Å². The van der Waals surface area contributed by atoms with E-state index in [1.165, 1.54) is 32.1 Å². The zero-order valence-electron chi connectivity index (χ0n) is 10.1. The van der Waals surface area contributed by atoms with Gasteiger partial charge in [-0.05, 0) is 6.92 Å². The summed E-state index contributed by atoms with van der Waals surface area (Å²) in [6.45, 7) is 6.89. The van der Waals surface area contributed by atoms with Gasteiger partial charge in [0, 0.05) is 13.2 Å². The Labute approximate surface area is 89.3 Å². The second kappa shape index (κ2) is 29.3. The van der Waals surface area contributed by atoms with Gasteiger partial charge in [0.2, 0.25) is 0 Å². The molecule has 0 aliphatic carbocycles. The zero-order valence-corrected chi connectivity index (χ0v) is 10.1. The molecule has 0 spiro atoms. The minimum atomic E-state index is 0.0972. The molecule has 0 saturated carbocycles. The molecule has 3 heteroatoms. The summed E-state index contributed by atoms with van der Waals surface area (Å²) in [4.78, 5) is 0. The number of hydrogen-bond acceptors (Lipinski definition) is 3. The summed E-state index contributed by atoms with van der Waals surface area (Å²) in [5.74, 6) is 0. The molecule has 0 aromatic carbocycles. The van der Waals surface area contributed by atoms with E-state index in [0.29, 0.717) is 6.54 Å². The summed E-state index contributed by atoms with van der Waals surface area (Å²) in [5.41, 5.74) is 4.78. The van der Waals surface area contributed by atoms with Crippen LogP contribution in [-0.2, 0) is 0 Å². The SMILES string of the molecule is CCCCCCC.CCO.NCCO. The Morgan fingerprint density at radius 3 is 1.29 bits per heavy atom. The summed E-state index contributed by atoms with van der Waals surface area (Å²) in [7, 11) is 0. The number of aliphatic hydroxyl groups excluding tert-OH is 2. The van der Waals surface area contributed by atoms with E-state index in [1.54, 1.807) is 6.92 Å². The second-order valence-electron chi connectivity index (χ2n) is 2.89. The third kappa shape index (κ3) is 59.1. The van der Waals surface area contributed by atoms with Crippen molar-refractivity contribution in [3.05, 3.63) is 0 Å². The maximum absolute atomic E-state index is 7.75. The highest BCUT2D eigenvalue weighted by Gasteiger charge is 1.80. The molecule has 0 aromatic heterocycles. The van der Waals surface area contributed by atoms with Gasteiger partial charge in [0.25, 0.3) is 0 Å². The maximum atomic E-state index is 7.75. The summed E-state index contributed by atoms with van der Waals surface area (Å²) in [6.07, 6.45) is 7.01. The van der Waals surface area contributed by atoms with Crippen molar-refractivity contribution in [3.8, 4) is 0 Å². The van der Waals surface area contributed by atoms with Crippen LogP contribution in [0, 0.1) is 0 Å². The van der Waals surface area contributed by atoms with Crippen LogP contribution < -0.4 is 5.73 Å². The highest BCUT2D eigenvalue weighted by Crippen LogP contribution is 2.00. The van der Waals surface area contributed by atoms with Gasteiger partial charge in [-0.25, -0.2) is 0 Å². The quantitative estimate of drug-likeness (QED) is 0.603. The zero-order chi connectivity index (χ0) is 11.7. The van der Waals surface area contributed by atoms with E-state index >= 15 is 0 Å². The van der Waals surface area contributed by atoms with E-state index in [-0.39, 0.29) is 13.2 Å². The molecule has 0 saturated heterocycles. The molecule has 0 radical (unpaired) electrons. The Morgan fingerprint density at radius 2 is 1.14 bits per heavy atom. The highest BCUT2D eigenvalue weighted by atomic mass is 16.3. The molecule has 0 atom stereocenters. The van der Waals surface area contributed by atoms with Crippen LogP contribution >= 0.6 is 0 Å². The highest BCUT2D eigenvalue weighted by molar-refractivity contribution is 4.35. The maximum Gasteiger partial charge on any atom is 0.0553 e. The van der Waals surface area contributed by atoms with Crippen LogP contribution in [0.25, 0.3) is 0 Å². The predicted molar refractivity (Wildman–Crippen MR) is 63.3 cm³/mol. The van der Waals surface area contributed by atoms with Crippen LogP contribution in [-0.4, -0.2) is 30.0 Å². The van der Waals surface area contributed by atoms with Crippen molar-refractivity contribution in [1.29, 1.82) is 0 Å². The topological polar surface area (TPSA) is 66.5 Å². The van der Waals surface area contributed by atoms with E-state index in [2.05, 4.69) is 13.8 Å². The molecule has 0 fully saturated rings. The lowest BCUT2D eigenvalue weighted by Crippen LogP contribution is -2.02. The third-order valence-electron chi connectivity index (χ3n) is 1.34. The lowest BCUT2D eigenvalue weighted by Gasteiger charge is -1.90. The molecule has 90 valence electrons. The number of unbranched alkanes of at least 4 members (excludes halogenated alkanes) is 4. The summed E-state index contributed by atoms with van der Waals surface area (Å²) in [5, 5.41) is 15.3. The third-order valence-corrected chi connectivity index (χ3v) is 1.34. The van der Waals surface area contributed by atoms with Gasteiger partial charge in [-0.2, -0.15) is 0 Å². The summed E-state index contributed by atoms with van der Waals surface area (Å²) >= 11 is 0. The van der Waals surface area contributed by atoms with Crippen molar-refractivity contribution >= 4 is 0 Å². The van der Waals surface area contributed by atoms with Gasteiger partial charge in [0.1, 0.15) is 0 Å². The number of hydrogen-bond donors (Lipinski definition) is 3. The average Bonchev–Trinajstić information content (AvgIpc) is 2.20. The van der Waals surface area contributed by atoms with E-state index in [0.717, 1.165) is 0 Å². The van der Waals surface area contributed by atoms with Gasteiger partial charge in [-0.1, -0.05) is 46.0 Å². The summed E-state index contributed by atoms with van der Waals surface area (Å²) < 4.78 is 0. The van der Waals surface area contributed by atoms with E-state index < -0.39 is 0 Å². The van der Waals surface area contributed by atoms with Gasteiger partial charge < -0.3 is 15.9 Å². The van der Waals surface area contributed by atoms with Gasteiger partial charge >= 0.3 is 0 Å². The number of rotatable bonds is 5. The van der Waals surface area contributed by atoms with Gasteiger partial charge in [-0.3, -0.25) is 0 Å². The number of aliphatic hydroxyl groups is 2. The van der Waals surface area contributed by atoms with Crippen LogP contribution in [0.4, 0.5) is 0 Å². The summed E-state index contributed by atoms with van der Waals surface area (Å²) in [6, 6.07) is 0. The Balaban J connectivity index is -0.000000147. The van der Waals surface area contributed by atoms with Gasteiger partial charge in [0.15, 0.2) is 0 Å². The smallest absolute Gasteiger partial charge is 0.0553 e. The standard InChI is InChI=1S/C7H16.C2H7NO.C2H6O/c1-3-5-7-6-4-2;3-1-2-4;1-2-3/h3-7H2,1-2H3;4H,1-3H2;3H,2H2,1H3. The second-order valence-corrected chi connectivity index (χ2v) is 2.89. The van der Waals surface area contributed by atoms with Crippen LogP contribution in [0.1, 0.15) is 52.9 Å². The Hall–Kier alpha value is -0.120. The predicted octanol–water partition coefficient (Wildman–Crippen LogP) is 1.91.